The van der Waals surface area contributed by atoms with Crippen LogP contribution in [0.2, 0.25) is 0 Å². The summed E-state index contributed by atoms with van der Waals surface area (Å²) in [4.78, 5) is 36.2. The number of ketones is 2. The largest absolute Gasteiger partial charge is 0.396 e. The van der Waals surface area contributed by atoms with Crippen LogP contribution in [0.25, 0.3) is 0 Å². The molecular formula is C17H25NO4. The Morgan fingerprint density at radius 3 is 2.09 bits per heavy atom. The van der Waals surface area contributed by atoms with Crippen LogP contribution in [0.5, 0.6) is 0 Å². The Morgan fingerprint density at radius 1 is 1.05 bits per heavy atom. The first-order chi connectivity index (χ1) is 10.2. The molecule has 0 fully saturated rings. The molecule has 5 heteroatoms. The fourth-order valence-corrected chi connectivity index (χ4v) is 2.70. The van der Waals surface area contributed by atoms with Gasteiger partial charge < -0.3 is 10.8 Å². The maximum absolute atomic E-state index is 12.4. The van der Waals surface area contributed by atoms with Gasteiger partial charge in [0, 0.05) is 34.3 Å². The van der Waals surface area contributed by atoms with Crippen molar-refractivity contribution in [3.05, 3.63) is 22.3 Å². The van der Waals surface area contributed by atoms with Gasteiger partial charge in [-0.05, 0) is 46.5 Å². The molecule has 122 valence electrons. The number of allylic oxidation sites excluding steroid dienone is 4. The van der Waals surface area contributed by atoms with Crippen molar-refractivity contribution in [2.45, 2.75) is 53.4 Å². The zero-order chi connectivity index (χ0) is 17.1. The summed E-state index contributed by atoms with van der Waals surface area (Å²) in [5.74, 6) is -0.677. The van der Waals surface area contributed by atoms with Crippen molar-refractivity contribution in [3.8, 4) is 0 Å². The first kappa shape index (κ1) is 18.3. The molecule has 0 aromatic rings. The summed E-state index contributed by atoms with van der Waals surface area (Å²) in [6.45, 7) is 6.69. The predicted molar refractivity (Wildman–Crippen MR) is 83.9 cm³/mol. The SMILES string of the molecule is CC1=C(C)C(=O)C(CCC(C)(CCCO)C(N)=O)=C(C)C1=O. The van der Waals surface area contributed by atoms with E-state index in [4.69, 9.17) is 10.8 Å². The van der Waals surface area contributed by atoms with E-state index in [0.717, 1.165) is 0 Å². The van der Waals surface area contributed by atoms with E-state index < -0.39 is 11.3 Å². The van der Waals surface area contributed by atoms with Gasteiger partial charge in [0.15, 0.2) is 11.6 Å². The van der Waals surface area contributed by atoms with Gasteiger partial charge in [0.25, 0.3) is 0 Å². The van der Waals surface area contributed by atoms with Gasteiger partial charge in [0.1, 0.15) is 0 Å². The van der Waals surface area contributed by atoms with E-state index in [2.05, 4.69) is 0 Å². The van der Waals surface area contributed by atoms with Crippen LogP contribution in [0.3, 0.4) is 0 Å². The lowest BCUT2D eigenvalue weighted by atomic mass is 9.76. The van der Waals surface area contributed by atoms with E-state index in [0.29, 0.717) is 48.0 Å². The summed E-state index contributed by atoms with van der Waals surface area (Å²) in [5.41, 5.74) is 6.59. The minimum Gasteiger partial charge on any atom is -0.396 e. The molecule has 5 nitrogen and oxygen atoms in total. The van der Waals surface area contributed by atoms with E-state index in [1.165, 1.54) is 0 Å². The van der Waals surface area contributed by atoms with Crippen LogP contribution >= 0.6 is 0 Å². The third-order valence-electron chi connectivity index (χ3n) is 4.72. The maximum atomic E-state index is 12.4. The molecule has 1 unspecified atom stereocenters. The van der Waals surface area contributed by atoms with Crippen molar-refractivity contribution < 1.29 is 19.5 Å². The van der Waals surface area contributed by atoms with Gasteiger partial charge in [0.05, 0.1) is 0 Å². The molecule has 22 heavy (non-hydrogen) atoms. The summed E-state index contributed by atoms with van der Waals surface area (Å²) in [6, 6.07) is 0. The number of carbonyl (C=O) groups excluding carboxylic acids is 3. The van der Waals surface area contributed by atoms with Crippen molar-refractivity contribution in [1.82, 2.24) is 0 Å². The predicted octanol–water partition coefficient (Wildman–Crippen LogP) is 1.84. The normalized spacial score (nSPS) is 18.8. The molecule has 3 N–H and O–H groups in total. The van der Waals surface area contributed by atoms with Gasteiger partial charge in [-0.1, -0.05) is 6.92 Å². The average molecular weight is 307 g/mol. The summed E-state index contributed by atoms with van der Waals surface area (Å²) in [7, 11) is 0. The number of amides is 1. The standard InChI is InChI=1S/C17H25NO4/c1-10-11(2)15(21)13(12(3)14(10)20)6-8-17(4,16(18)22)7-5-9-19/h19H,5-9H2,1-4H3,(H2,18,22). The van der Waals surface area contributed by atoms with E-state index in [9.17, 15) is 14.4 Å². The van der Waals surface area contributed by atoms with Crippen LogP contribution in [-0.2, 0) is 14.4 Å². The monoisotopic (exact) mass is 307 g/mol. The van der Waals surface area contributed by atoms with Gasteiger partial charge >= 0.3 is 0 Å². The topological polar surface area (TPSA) is 97.5 Å². The molecule has 0 aliphatic heterocycles. The smallest absolute Gasteiger partial charge is 0.223 e. The van der Waals surface area contributed by atoms with Gasteiger partial charge in [-0.3, -0.25) is 14.4 Å². The second-order valence-corrected chi connectivity index (χ2v) is 6.26. The van der Waals surface area contributed by atoms with Gasteiger partial charge in [0.2, 0.25) is 5.91 Å². The van der Waals surface area contributed by atoms with Crippen LogP contribution < -0.4 is 5.73 Å². The number of carbonyl (C=O) groups is 3. The molecule has 0 spiro atoms. The van der Waals surface area contributed by atoms with Gasteiger partial charge in [-0.2, -0.15) is 0 Å². The summed E-state index contributed by atoms with van der Waals surface area (Å²) in [6.07, 6.45) is 1.66. The van der Waals surface area contributed by atoms with E-state index in [-0.39, 0.29) is 18.2 Å². The molecule has 1 atom stereocenters. The zero-order valence-corrected chi connectivity index (χ0v) is 13.8. The molecule has 0 bridgehead atoms. The number of aliphatic hydroxyl groups excluding tert-OH is 1. The maximum Gasteiger partial charge on any atom is 0.223 e. The highest BCUT2D eigenvalue weighted by Crippen LogP contribution is 2.34. The second kappa shape index (κ2) is 7.01. The average Bonchev–Trinajstić information content (AvgIpc) is 2.48. The molecule has 1 aliphatic carbocycles. The van der Waals surface area contributed by atoms with Gasteiger partial charge in [-0.15, -0.1) is 0 Å². The second-order valence-electron chi connectivity index (χ2n) is 6.26. The molecular weight excluding hydrogens is 282 g/mol. The lowest BCUT2D eigenvalue weighted by Gasteiger charge is -2.27. The van der Waals surface area contributed by atoms with Crippen LogP contribution in [0, 0.1) is 5.41 Å². The lowest BCUT2D eigenvalue weighted by molar-refractivity contribution is -0.127. The third kappa shape index (κ3) is 3.53. The van der Waals surface area contributed by atoms with Crippen molar-refractivity contribution in [3.63, 3.8) is 0 Å². The molecule has 1 aliphatic rings. The van der Waals surface area contributed by atoms with Crippen molar-refractivity contribution in [2.24, 2.45) is 11.1 Å². The molecule has 0 saturated carbocycles. The van der Waals surface area contributed by atoms with E-state index in [1.807, 2.05) is 0 Å². The Kier molecular flexibility index (Phi) is 5.83. The number of primary amides is 1. The van der Waals surface area contributed by atoms with Crippen LogP contribution in [0.15, 0.2) is 22.3 Å². The van der Waals surface area contributed by atoms with E-state index >= 15 is 0 Å². The molecule has 0 radical (unpaired) electrons. The van der Waals surface area contributed by atoms with Crippen molar-refractivity contribution in [2.75, 3.05) is 6.61 Å². The highest BCUT2D eigenvalue weighted by atomic mass is 16.3. The number of aliphatic hydroxyl groups is 1. The first-order valence-electron chi connectivity index (χ1n) is 7.53. The molecule has 0 saturated heterocycles. The highest BCUT2D eigenvalue weighted by molar-refractivity contribution is 6.24. The Hall–Kier alpha value is -1.75. The molecule has 0 aromatic heterocycles. The van der Waals surface area contributed by atoms with Crippen molar-refractivity contribution >= 4 is 17.5 Å². The number of hydrogen-bond donors (Lipinski definition) is 2. The fourth-order valence-electron chi connectivity index (χ4n) is 2.70. The molecule has 0 heterocycles. The number of Topliss-reactive ketones (excluding diaryl/α,β-unsaturated/α-hetero) is 2. The number of nitrogens with two attached hydrogens (primary N) is 1. The van der Waals surface area contributed by atoms with Crippen LogP contribution in [-0.4, -0.2) is 29.2 Å². The van der Waals surface area contributed by atoms with Crippen LogP contribution in [0.1, 0.15) is 53.4 Å². The van der Waals surface area contributed by atoms with Crippen molar-refractivity contribution in [1.29, 1.82) is 0 Å². The fraction of sp³-hybridized carbons (Fsp3) is 0.588. The van der Waals surface area contributed by atoms with E-state index in [1.54, 1.807) is 27.7 Å². The lowest BCUT2D eigenvalue weighted by Crippen LogP contribution is -2.35. The Balaban J connectivity index is 2.96. The van der Waals surface area contributed by atoms with Gasteiger partial charge in [-0.25, -0.2) is 0 Å². The number of rotatable bonds is 7. The molecule has 1 rings (SSSR count). The molecule has 0 aromatic carbocycles. The summed E-state index contributed by atoms with van der Waals surface area (Å²) in [5, 5.41) is 8.94. The van der Waals surface area contributed by atoms with Crippen LogP contribution in [0.4, 0.5) is 0 Å². The third-order valence-corrected chi connectivity index (χ3v) is 4.72. The minimum absolute atomic E-state index is 0.0109. The Morgan fingerprint density at radius 2 is 1.59 bits per heavy atom. The molecule has 1 amide bonds. The summed E-state index contributed by atoms with van der Waals surface area (Å²) >= 11 is 0. The Bertz CT molecular complexity index is 571. The quantitative estimate of drug-likeness (QED) is 0.701. The first-order valence-corrected chi connectivity index (χ1v) is 7.53. The Labute approximate surface area is 131 Å². The summed E-state index contributed by atoms with van der Waals surface area (Å²) < 4.78 is 0. The minimum atomic E-state index is -0.788. The highest BCUT2D eigenvalue weighted by Gasteiger charge is 2.33. The number of hydrogen-bond acceptors (Lipinski definition) is 4. The zero-order valence-electron chi connectivity index (χ0n) is 13.8.